The minimum atomic E-state index is 0.560. The van der Waals surface area contributed by atoms with Gasteiger partial charge < -0.3 is 10.5 Å². The first kappa shape index (κ1) is 12.3. The Kier molecular flexibility index (Phi) is 3.55. The van der Waals surface area contributed by atoms with Gasteiger partial charge in [-0.1, -0.05) is 6.42 Å². The summed E-state index contributed by atoms with van der Waals surface area (Å²) in [6.07, 6.45) is 6.98. The number of ether oxygens (including phenoxy) is 1. The van der Waals surface area contributed by atoms with E-state index in [1.54, 1.807) is 12.4 Å². The van der Waals surface area contributed by atoms with Crippen LogP contribution in [0.15, 0.2) is 24.5 Å². The third kappa shape index (κ3) is 2.66. The highest BCUT2D eigenvalue weighted by Gasteiger charge is 2.26. The summed E-state index contributed by atoms with van der Waals surface area (Å²) in [6, 6.07) is 3.74. The Morgan fingerprint density at radius 2 is 2.00 bits per heavy atom. The van der Waals surface area contributed by atoms with Crippen molar-refractivity contribution in [1.82, 2.24) is 15.0 Å². The van der Waals surface area contributed by atoms with E-state index in [1.165, 1.54) is 19.3 Å². The molecular weight excluding hydrogens is 240 g/mol. The van der Waals surface area contributed by atoms with Crippen molar-refractivity contribution in [1.29, 1.82) is 0 Å². The third-order valence-corrected chi connectivity index (χ3v) is 3.87. The minimum absolute atomic E-state index is 0.560. The largest absolute Gasteiger partial charge is 0.477 e. The third-order valence-electron chi connectivity index (χ3n) is 3.87. The van der Waals surface area contributed by atoms with Crippen molar-refractivity contribution >= 4 is 11.2 Å². The number of hydrogen-bond donors (Lipinski definition) is 1. The molecule has 5 nitrogen and oxygen atoms in total. The maximum atomic E-state index is 5.80. The first-order valence-electron chi connectivity index (χ1n) is 6.77. The lowest BCUT2D eigenvalue weighted by Crippen LogP contribution is -2.23. The summed E-state index contributed by atoms with van der Waals surface area (Å²) in [4.78, 5) is 12.7. The zero-order chi connectivity index (χ0) is 13.1. The van der Waals surface area contributed by atoms with Gasteiger partial charge in [0.25, 0.3) is 0 Å². The van der Waals surface area contributed by atoms with Crippen LogP contribution in [0.4, 0.5) is 0 Å². The van der Waals surface area contributed by atoms with E-state index >= 15 is 0 Å². The predicted octanol–water partition coefficient (Wildman–Crippen LogP) is 1.78. The molecule has 5 heteroatoms. The van der Waals surface area contributed by atoms with Gasteiger partial charge in [0, 0.05) is 18.5 Å². The van der Waals surface area contributed by atoms with E-state index in [2.05, 4.69) is 15.0 Å². The Hall–Kier alpha value is -1.75. The number of nitrogens with two attached hydrogens (primary N) is 1. The van der Waals surface area contributed by atoms with E-state index in [0.717, 1.165) is 12.1 Å². The number of nitrogens with zero attached hydrogens (tertiary/aromatic N) is 3. The second kappa shape index (κ2) is 5.48. The van der Waals surface area contributed by atoms with E-state index < -0.39 is 0 Å². The molecule has 2 aromatic rings. The monoisotopic (exact) mass is 258 g/mol. The maximum Gasteiger partial charge on any atom is 0.215 e. The minimum Gasteiger partial charge on any atom is -0.477 e. The van der Waals surface area contributed by atoms with Crippen LogP contribution in [0.25, 0.3) is 11.2 Å². The SMILES string of the molecule is NCC1CCCC1COc1ccc2nccnc2n1. The van der Waals surface area contributed by atoms with Crippen molar-refractivity contribution in [3.05, 3.63) is 24.5 Å². The summed E-state index contributed by atoms with van der Waals surface area (Å²) in [6.45, 7) is 1.45. The van der Waals surface area contributed by atoms with E-state index in [-0.39, 0.29) is 0 Å². The molecule has 1 saturated carbocycles. The van der Waals surface area contributed by atoms with Crippen molar-refractivity contribution < 1.29 is 4.74 Å². The molecule has 1 fully saturated rings. The van der Waals surface area contributed by atoms with Crippen molar-refractivity contribution in [3.63, 3.8) is 0 Å². The Morgan fingerprint density at radius 3 is 2.89 bits per heavy atom. The second-order valence-corrected chi connectivity index (χ2v) is 5.05. The Labute approximate surface area is 112 Å². The lowest BCUT2D eigenvalue weighted by atomic mass is 9.97. The number of rotatable bonds is 4. The van der Waals surface area contributed by atoms with Crippen LogP contribution in [0.1, 0.15) is 19.3 Å². The molecule has 0 radical (unpaired) electrons. The van der Waals surface area contributed by atoms with Gasteiger partial charge in [0.15, 0.2) is 5.65 Å². The molecule has 2 N–H and O–H groups in total. The van der Waals surface area contributed by atoms with Crippen molar-refractivity contribution in [2.45, 2.75) is 19.3 Å². The second-order valence-electron chi connectivity index (χ2n) is 5.05. The van der Waals surface area contributed by atoms with E-state index in [4.69, 9.17) is 10.5 Å². The number of aromatic nitrogens is 3. The average molecular weight is 258 g/mol. The summed E-state index contributed by atoms with van der Waals surface area (Å²) in [5, 5.41) is 0. The molecule has 0 amide bonds. The van der Waals surface area contributed by atoms with Gasteiger partial charge in [-0.15, -0.1) is 0 Å². The molecule has 1 aliphatic carbocycles. The molecule has 19 heavy (non-hydrogen) atoms. The van der Waals surface area contributed by atoms with E-state index in [9.17, 15) is 0 Å². The van der Waals surface area contributed by atoms with Gasteiger partial charge in [-0.05, 0) is 37.3 Å². The van der Waals surface area contributed by atoms with Crippen LogP contribution in [0.3, 0.4) is 0 Å². The Bertz CT molecular complexity index is 560. The summed E-state index contributed by atoms with van der Waals surface area (Å²) >= 11 is 0. The van der Waals surface area contributed by atoms with Crippen LogP contribution in [-0.2, 0) is 0 Å². The average Bonchev–Trinajstić information content (AvgIpc) is 2.92. The van der Waals surface area contributed by atoms with E-state index in [0.29, 0.717) is 30.0 Å². The van der Waals surface area contributed by atoms with Crippen LogP contribution >= 0.6 is 0 Å². The van der Waals surface area contributed by atoms with Crippen molar-refractivity contribution in [3.8, 4) is 5.88 Å². The van der Waals surface area contributed by atoms with Crippen LogP contribution in [0.2, 0.25) is 0 Å². The molecule has 2 aromatic heterocycles. The molecule has 2 unspecified atom stereocenters. The summed E-state index contributed by atoms with van der Waals surface area (Å²) in [5.74, 6) is 1.78. The molecule has 2 heterocycles. The fraction of sp³-hybridized carbons (Fsp3) is 0.500. The highest BCUT2D eigenvalue weighted by molar-refractivity contribution is 5.69. The molecule has 0 aliphatic heterocycles. The Morgan fingerprint density at radius 1 is 1.16 bits per heavy atom. The van der Waals surface area contributed by atoms with Gasteiger partial charge in [-0.2, -0.15) is 4.98 Å². The van der Waals surface area contributed by atoms with Crippen LogP contribution < -0.4 is 10.5 Å². The molecule has 0 aromatic carbocycles. The van der Waals surface area contributed by atoms with Crippen LogP contribution in [-0.4, -0.2) is 28.1 Å². The van der Waals surface area contributed by atoms with Gasteiger partial charge in [-0.3, -0.25) is 4.98 Å². The maximum absolute atomic E-state index is 5.80. The molecule has 100 valence electrons. The highest BCUT2D eigenvalue weighted by atomic mass is 16.5. The lowest BCUT2D eigenvalue weighted by Gasteiger charge is -2.17. The predicted molar refractivity (Wildman–Crippen MR) is 72.7 cm³/mol. The molecule has 0 saturated heterocycles. The molecular formula is C14H18N4O. The van der Waals surface area contributed by atoms with Gasteiger partial charge >= 0.3 is 0 Å². The zero-order valence-electron chi connectivity index (χ0n) is 10.8. The number of fused-ring (bicyclic) bond motifs is 1. The normalized spacial score (nSPS) is 22.8. The summed E-state index contributed by atoms with van der Waals surface area (Å²) in [5.41, 5.74) is 7.19. The first-order chi connectivity index (χ1) is 9.36. The zero-order valence-corrected chi connectivity index (χ0v) is 10.8. The van der Waals surface area contributed by atoms with E-state index in [1.807, 2.05) is 12.1 Å². The molecule has 0 bridgehead atoms. The fourth-order valence-electron chi connectivity index (χ4n) is 2.75. The first-order valence-corrected chi connectivity index (χ1v) is 6.77. The quantitative estimate of drug-likeness (QED) is 0.904. The van der Waals surface area contributed by atoms with Crippen molar-refractivity contribution in [2.75, 3.05) is 13.2 Å². The molecule has 3 rings (SSSR count). The highest BCUT2D eigenvalue weighted by Crippen LogP contribution is 2.31. The molecule has 2 atom stereocenters. The smallest absolute Gasteiger partial charge is 0.215 e. The Balaban J connectivity index is 1.68. The van der Waals surface area contributed by atoms with Crippen LogP contribution in [0.5, 0.6) is 5.88 Å². The number of hydrogen-bond acceptors (Lipinski definition) is 5. The standard InChI is InChI=1S/C14H18N4O/c15-8-10-2-1-3-11(10)9-19-13-5-4-12-14(18-13)17-7-6-16-12/h4-7,10-11H,1-3,8-9,15H2. The summed E-state index contributed by atoms with van der Waals surface area (Å²) in [7, 11) is 0. The molecule has 0 spiro atoms. The summed E-state index contributed by atoms with van der Waals surface area (Å²) < 4.78 is 5.80. The fourth-order valence-corrected chi connectivity index (χ4v) is 2.75. The number of pyridine rings is 1. The van der Waals surface area contributed by atoms with Gasteiger partial charge in [0.2, 0.25) is 5.88 Å². The molecule has 1 aliphatic rings. The van der Waals surface area contributed by atoms with Gasteiger partial charge in [0.1, 0.15) is 5.52 Å². The van der Waals surface area contributed by atoms with Gasteiger partial charge in [0.05, 0.1) is 6.61 Å². The topological polar surface area (TPSA) is 73.9 Å². The van der Waals surface area contributed by atoms with Gasteiger partial charge in [-0.25, -0.2) is 4.98 Å². The lowest BCUT2D eigenvalue weighted by molar-refractivity contribution is 0.211. The van der Waals surface area contributed by atoms with Crippen molar-refractivity contribution in [2.24, 2.45) is 17.6 Å². The van der Waals surface area contributed by atoms with Crippen LogP contribution in [0, 0.1) is 11.8 Å².